The summed E-state index contributed by atoms with van der Waals surface area (Å²) < 4.78 is 13.8. The number of aryl methyl sites for hydroxylation is 1. The van der Waals surface area contributed by atoms with Crippen molar-refractivity contribution in [3.63, 3.8) is 0 Å². The molecule has 156 valence electrons. The molecule has 0 radical (unpaired) electrons. The quantitative estimate of drug-likeness (QED) is 0.730. The van der Waals surface area contributed by atoms with Crippen LogP contribution >= 0.6 is 11.8 Å². The molecule has 1 atom stereocenters. The van der Waals surface area contributed by atoms with E-state index < -0.39 is 11.1 Å². The number of amidine groups is 1. The topological polar surface area (TPSA) is 61.8 Å². The average Bonchev–Trinajstić information content (AvgIpc) is 3.32. The summed E-state index contributed by atoms with van der Waals surface area (Å²) in [6.07, 6.45) is 4.07. The Balaban J connectivity index is 1.53. The molecule has 0 aromatic heterocycles. The molecule has 1 unspecified atom stereocenters. The number of nitrogens with one attached hydrogen (secondary N) is 1. The second kappa shape index (κ2) is 9.00. The molecule has 5 nitrogen and oxygen atoms in total. The lowest BCUT2D eigenvalue weighted by atomic mass is 10.2. The SMILES string of the molecule is Cc1cccc(N=C2SC(CC(=O)Nc3ccccc3F)C(=O)N2C2CCCC2)c1. The van der Waals surface area contributed by atoms with Crippen LogP contribution in [0.1, 0.15) is 37.7 Å². The number of anilines is 1. The fraction of sp³-hybridized carbons (Fsp3) is 0.348. The van der Waals surface area contributed by atoms with E-state index in [0.29, 0.717) is 5.17 Å². The van der Waals surface area contributed by atoms with E-state index in [0.717, 1.165) is 36.9 Å². The van der Waals surface area contributed by atoms with Gasteiger partial charge >= 0.3 is 0 Å². The van der Waals surface area contributed by atoms with Gasteiger partial charge in [0.25, 0.3) is 0 Å². The van der Waals surface area contributed by atoms with Crippen LogP contribution in [0.15, 0.2) is 53.5 Å². The number of carbonyl (C=O) groups is 2. The Labute approximate surface area is 179 Å². The van der Waals surface area contributed by atoms with E-state index in [-0.39, 0.29) is 30.0 Å². The molecular formula is C23H24FN3O2S. The highest BCUT2D eigenvalue weighted by Gasteiger charge is 2.43. The van der Waals surface area contributed by atoms with Crippen molar-refractivity contribution in [3.05, 3.63) is 59.9 Å². The maximum atomic E-state index is 13.8. The molecule has 1 aliphatic carbocycles. The highest BCUT2D eigenvalue weighted by atomic mass is 32.2. The number of halogens is 1. The van der Waals surface area contributed by atoms with Crippen LogP contribution in [0.25, 0.3) is 0 Å². The van der Waals surface area contributed by atoms with Crippen LogP contribution in [-0.2, 0) is 9.59 Å². The van der Waals surface area contributed by atoms with Crippen molar-refractivity contribution in [1.29, 1.82) is 0 Å². The molecule has 1 saturated heterocycles. The maximum absolute atomic E-state index is 13.8. The summed E-state index contributed by atoms with van der Waals surface area (Å²) in [6.45, 7) is 2.00. The van der Waals surface area contributed by atoms with Crippen molar-refractivity contribution < 1.29 is 14.0 Å². The fourth-order valence-electron chi connectivity index (χ4n) is 3.93. The third kappa shape index (κ3) is 4.56. The Bertz CT molecular complexity index is 988. The number of rotatable bonds is 5. The Morgan fingerprint density at radius 1 is 1.20 bits per heavy atom. The summed E-state index contributed by atoms with van der Waals surface area (Å²) in [6, 6.07) is 14.0. The summed E-state index contributed by atoms with van der Waals surface area (Å²) in [5, 5.41) is 2.68. The Morgan fingerprint density at radius 3 is 2.70 bits per heavy atom. The Hall–Kier alpha value is -2.67. The van der Waals surface area contributed by atoms with Gasteiger partial charge in [0.05, 0.1) is 11.4 Å². The van der Waals surface area contributed by atoms with Crippen LogP contribution in [-0.4, -0.2) is 33.2 Å². The highest BCUT2D eigenvalue weighted by molar-refractivity contribution is 8.15. The Morgan fingerprint density at radius 2 is 1.97 bits per heavy atom. The molecular weight excluding hydrogens is 401 g/mol. The number of para-hydroxylation sites is 1. The van der Waals surface area contributed by atoms with Gasteiger partial charge in [0.2, 0.25) is 11.8 Å². The summed E-state index contributed by atoms with van der Waals surface area (Å²) in [4.78, 5) is 32.2. The van der Waals surface area contributed by atoms with Crippen molar-refractivity contribution in [3.8, 4) is 0 Å². The van der Waals surface area contributed by atoms with Crippen LogP contribution < -0.4 is 5.32 Å². The first-order valence-corrected chi connectivity index (χ1v) is 11.1. The zero-order valence-corrected chi connectivity index (χ0v) is 17.6. The van der Waals surface area contributed by atoms with E-state index in [1.807, 2.05) is 31.2 Å². The van der Waals surface area contributed by atoms with Crippen LogP contribution in [0.4, 0.5) is 15.8 Å². The smallest absolute Gasteiger partial charge is 0.242 e. The minimum atomic E-state index is -0.555. The molecule has 7 heteroatoms. The fourth-order valence-corrected chi connectivity index (χ4v) is 5.15. The molecule has 1 aliphatic heterocycles. The van der Waals surface area contributed by atoms with Crippen molar-refractivity contribution in [2.75, 3.05) is 5.32 Å². The number of thioether (sulfide) groups is 1. The zero-order valence-electron chi connectivity index (χ0n) is 16.8. The molecule has 1 heterocycles. The van der Waals surface area contributed by atoms with Gasteiger partial charge in [-0.2, -0.15) is 0 Å². The van der Waals surface area contributed by atoms with Gasteiger partial charge in [-0.25, -0.2) is 9.38 Å². The van der Waals surface area contributed by atoms with Gasteiger partial charge in [-0.1, -0.05) is 48.9 Å². The van der Waals surface area contributed by atoms with Crippen molar-refractivity contribution >= 4 is 40.1 Å². The third-order valence-electron chi connectivity index (χ3n) is 5.40. The van der Waals surface area contributed by atoms with Gasteiger partial charge in [-0.15, -0.1) is 0 Å². The molecule has 1 saturated carbocycles. The number of carbonyl (C=O) groups excluding carboxylic acids is 2. The first kappa shape index (κ1) is 20.6. The number of nitrogens with zero attached hydrogens (tertiary/aromatic N) is 2. The maximum Gasteiger partial charge on any atom is 0.242 e. The predicted molar refractivity (Wildman–Crippen MR) is 118 cm³/mol. The van der Waals surface area contributed by atoms with Gasteiger partial charge in [-0.3, -0.25) is 14.5 Å². The molecule has 0 bridgehead atoms. The van der Waals surface area contributed by atoms with Gasteiger partial charge in [0, 0.05) is 12.5 Å². The molecule has 1 N–H and O–H groups in total. The summed E-state index contributed by atoms with van der Waals surface area (Å²) in [7, 11) is 0. The minimum Gasteiger partial charge on any atom is -0.324 e. The van der Waals surface area contributed by atoms with E-state index >= 15 is 0 Å². The predicted octanol–water partition coefficient (Wildman–Crippen LogP) is 5.04. The molecule has 2 aromatic carbocycles. The van der Waals surface area contributed by atoms with Crippen LogP contribution in [0.2, 0.25) is 0 Å². The largest absolute Gasteiger partial charge is 0.324 e. The second-order valence-corrected chi connectivity index (χ2v) is 8.89. The lowest BCUT2D eigenvalue weighted by Crippen LogP contribution is -2.40. The molecule has 2 fully saturated rings. The first-order chi connectivity index (χ1) is 14.5. The van der Waals surface area contributed by atoms with Crippen molar-refractivity contribution in [2.24, 2.45) is 4.99 Å². The average molecular weight is 426 g/mol. The number of benzene rings is 2. The second-order valence-electron chi connectivity index (χ2n) is 7.72. The van der Waals surface area contributed by atoms with E-state index in [1.54, 1.807) is 17.0 Å². The lowest BCUT2D eigenvalue weighted by molar-refractivity contribution is -0.129. The molecule has 0 spiro atoms. The first-order valence-electron chi connectivity index (χ1n) is 10.2. The number of aliphatic imine (C=N–C) groups is 1. The van der Waals surface area contributed by atoms with Crippen molar-refractivity contribution in [1.82, 2.24) is 4.90 Å². The van der Waals surface area contributed by atoms with Gasteiger partial charge in [0.15, 0.2) is 5.17 Å². The van der Waals surface area contributed by atoms with Crippen LogP contribution in [0.3, 0.4) is 0 Å². The summed E-state index contributed by atoms with van der Waals surface area (Å²) in [5.41, 5.74) is 2.02. The number of amides is 2. The normalized spacial score (nSPS) is 20.9. The van der Waals surface area contributed by atoms with Crippen LogP contribution in [0.5, 0.6) is 0 Å². The summed E-state index contributed by atoms with van der Waals surface area (Å²) in [5.74, 6) is -0.957. The minimum absolute atomic E-state index is 0.0199. The Kier molecular flexibility index (Phi) is 6.18. The number of hydrogen-bond acceptors (Lipinski definition) is 4. The van der Waals surface area contributed by atoms with E-state index in [4.69, 9.17) is 4.99 Å². The molecule has 2 aromatic rings. The van der Waals surface area contributed by atoms with E-state index in [9.17, 15) is 14.0 Å². The molecule has 30 heavy (non-hydrogen) atoms. The zero-order chi connectivity index (χ0) is 21.1. The van der Waals surface area contributed by atoms with Gasteiger partial charge < -0.3 is 5.32 Å². The van der Waals surface area contributed by atoms with E-state index in [2.05, 4.69) is 5.32 Å². The van der Waals surface area contributed by atoms with Crippen molar-refractivity contribution in [2.45, 2.75) is 50.3 Å². The third-order valence-corrected chi connectivity index (χ3v) is 6.55. The van der Waals surface area contributed by atoms with Crippen LogP contribution in [0, 0.1) is 12.7 Å². The lowest BCUT2D eigenvalue weighted by Gasteiger charge is -2.23. The standard InChI is InChI=1S/C23H24FN3O2S/c1-15-7-6-8-16(13-15)25-23-27(17-9-2-3-10-17)22(29)20(30-23)14-21(28)26-19-12-5-4-11-18(19)24/h4-8,11-13,17,20H,2-3,9-10,14H2,1H3,(H,26,28). The summed E-state index contributed by atoms with van der Waals surface area (Å²) >= 11 is 1.33. The molecule has 4 rings (SSSR count). The highest BCUT2D eigenvalue weighted by Crippen LogP contribution is 2.37. The molecule has 2 amide bonds. The number of hydrogen-bond donors (Lipinski definition) is 1. The van der Waals surface area contributed by atoms with Gasteiger partial charge in [0.1, 0.15) is 11.1 Å². The van der Waals surface area contributed by atoms with Gasteiger partial charge in [-0.05, 0) is 49.6 Å². The monoisotopic (exact) mass is 425 g/mol. The van der Waals surface area contributed by atoms with E-state index in [1.165, 1.54) is 23.9 Å². The molecule has 2 aliphatic rings.